The molecule has 4 heteroatoms. The topological polar surface area (TPSA) is 38.0 Å². The Morgan fingerprint density at radius 1 is 1.16 bits per heavy atom. The van der Waals surface area contributed by atoms with Crippen molar-refractivity contribution in [2.75, 3.05) is 0 Å². The van der Waals surface area contributed by atoms with Crippen LogP contribution in [0.5, 0.6) is 0 Å². The molecule has 2 rings (SSSR count). The van der Waals surface area contributed by atoms with Crippen molar-refractivity contribution >= 4 is 11.6 Å². The van der Waals surface area contributed by atoms with Gasteiger partial charge in [-0.3, -0.25) is 5.84 Å². The standard InChI is InChI=1S/C15H16ClFN2/c1-9-6-7-13(17)12(8-9)15(19-18)11-5-3-4-10(2)14(11)16/h3-8,15,19H,18H2,1-2H3. The van der Waals surface area contributed by atoms with Gasteiger partial charge in [0, 0.05) is 10.6 Å². The smallest absolute Gasteiger partial charge is 0.128 e. The molecule has 2 aromatic rings. The average Bonchev–Trinajstić information content (AvgIpc) is 2.39. The molecular formula is C15H16ClFN2. The minimum atomic E-state index is -0.465. The number of hydrogen-bond donors (Lipinski definition) is 2. The number of hydrazine groups is 1. The molecular weight excluding hydrogens is 263 g/mol. The second-order valence-electron chi connectivity index (χ2n) is 4.60. The Morgan fingerprint density at radius 3 is 2.58 bits per heavy atom. The molecule has 0 radical (unpaired) electrons. The molecule has 1 atom stereocenters. The average molecular weight is 279 g/mol. The fourth-order valence-corrected chi connectivity index (χ4v) is 2.36. The summed E-state index contributed by atoms with van der Waals surface area (Å²) in [6.07, 6.45) is 0. The maximum Gasteiger partial charge on any atom is 0.128 e. The van der Waals surface area contributed by atoms with Crippen LogP contribution in [0.1, 0.15) is 28.3 Å². The van der Waals surface area contributed by atoms with Gasteiger partial charge in [-0.25, -0.2) is 9.82 Å². The zero-order valence-corrected chi connectivity index (χ0v) is 11.6. The molecule has 2 aromatic carbocycles. The lowest BCUT2D eigenvalue weighted by Crippen LogP contribution is -2.30. The number of aryl methyl sites for hydroxylation is 2. The molecule has 0 aromatic heterocycles. The van der Waals surface area contributed by atoms with Crippen molar-refractivity contribution in [2.45, 2.75) is 19.9 Å². The van der Waals surface area contributed by atoms with Crippen LogP contribution in [0.25, 0.3) is 0 Å². The van der Waals surface area contributed by atoms with Crippen molar-refractivity contribution in [1.29, 1.82) is 0 Å². The second kappa shape index (κ2) is 5.70. The summed E-state index contributed by atoms with van der Waals surface area (Å²) in [6, 6.07) is 10.1. The molecule has 0 fully saturated rings. The fourth-order valence-electron chi connectivity index (χ4n) is 2.12. The molecule has 2 nitrogen and oxygen atoms in total. The predicted molar refractivity (Wildman–Crippen MR) is 76.5 cm³/mol. The third kappa shape index (κ3) is 2.78. The van der Waals surface area contributed by atoms with Gasteiger partial charge in [0.25, 0.3) is 0 Å². The van der Waals surface area contributed by atoms with E-state index in [1.165, 1.54) is 6.07 Å². The molecule has 0 spiro atoms. The predicted octanol–water partition coefficient (Wildman–Crippen LogP) is 3.65. The van der Waals surface area contributed by atoms with Crippen LogP contribution >= 0.6 is 11.6 Å². The van der Waals surface area contributed by atoms with E-state index in [0.717, 1.165) is 16.7 Å². The summed E-state index contributed by atoms with van der Waals surface area (Å²) in [6.45, 7) is 3.82. The van der Waals surface area contributed by atoms with Crippen LogP contribution in [0.2, 0.25) is 5.02 Å². The van der Waals surface area contributed by atoms with Gasteiger partial charge in [0.2, 0.25) is 0 Å². The van der Waals surface area contributed by atoms with E-state index in [-0.39, 0.29) is 5.82 Å². The second-order valence-corrected chi connectivity index (χ2v) is 4.98. The molecule has 19 heavy (non-hydrogen) atoms. The summed E-state index contributed by atoms with van der Waals surface area (Å²) >= 11 is 6.29. The molecule has 100 valence electrons. The zero-order valence-electron chi connectivity index (χ0n) is 10.9. The van der Waals surface area contributed by atoms with E-state index in [0.29, 0.717) is 10.6 Å². The number of nitrogens with two attached hydrogens (primary N) is 1. The number of benzene rings is 2. The summed E-state index contributed by atoms with van der Waals surface area (Å²) < 4.78 is 14.0. The SMILES string of the molecule is Cc1ccc(F)c(C(NN)c2cccc(C)c2Cl)c1. The monoisotopic (exact) mass is 278 g/mol. The minimum Gasteiger partial charge on any atom is -0.271 e. The van der Waals surface area contributed by atoms with E-state index in [1.54, 1.807) is 12.1 Å². The molecule has 0 aliphatic carbocycles. The third-order valence-electron chi connectivity index (χ3n) is 3.16. The van der Waals surface area contributed by atoms with Crippen LogP contribution in [0.15, 0.2) is 36.4 Å². The third-order valence-corrected chi connectivity index (χ3v) is 3.68. The molecule has 0 saturated carbocycles. The largest absolute Gasteiger partial charge is 0.271 e. The van der Waals surface area contributed by atoms with Gasteiger partial charge in [-0.2, -0.15) is 0 Å². The van der Waals surface area contributed by atoms with Crippen LogP contribution in [-0.4, -0.2) is 0 Å². The first-order valence-electron chi connectivity index (χ1n) is 6.01. The van der Waals surface area contributed by atoms with Gasteiger partial charge < -0.3 is 0 Å². The zero-order chi connectivity index (χ0) is 14.0. The van der Waals surface area contributed by atoms with E-state index in [2.05, 4.69) is 5.43 Å². The normalized spacial score (nSPS) is 12.5. The molecule has 3 N–H and O–H groups in total. The maximum absolute atomic E-state index is 14.0. The highest BCUT2D eigenvalue weighted by atomic mass is 35.5. The first kappa shape index (κ1) is 14.0. The fraction of sp³-hybridized carbons (Fsp3) is 0.200. The highest BCUT2D eigenvalue weighted by Crippen LogP contribution is 2.31. The van der Waals surface area contributed by atoms with Crippen LogP contribution in [0.3, 0.4) is 0 Å². The lowest BCUT2D eigenvalue weighted by molar-refractivity contribution is 0.559. The van der Waals surface area contributed by atoms with Crippen LogP contribution in [0.4, 0.5) is 4.39 Å². The van der Waals surface area contributed by atoms with Crippen LogP contribution < -0.4 is 11.3 Å². The van der Waals surface area contributed by atoms with Crippen molar-refractivity contribution in [3.8, 4) is 0 Å². The van der Waals surface area contributed by atoms with E-state index >= 15 is 0 Å². The van der Waals surface area contributed by atoms with E-state index in [9.17, 15) is 4.39 Å². The Bertz CT molecular complexity index is 597. The van der Waals surface area contributed by atoms with Gasteiger partial charge in [0.1, 0.15) is 5.82 Å². The molecule has 0 aliphatic rings. The summed E-state index contributed by atoms with van der Waals surface area (Å²) in [5.41, 5.74) is 5.82. The van der Waals surface area contributed by atoms with E-state index in [1.807, 2.05) is 32.0 Å². The highest BCUT2D eigenvalue weighted by molar-refractivity contribution is 6.32. The molecule has 0 saturated heterocycles. The first-order valence-corrected chi connectivity index (χ1v) is 6.39. The minimum absolute atomic E-state index is 0.300. The van der Waals surface area contributed by atoms with Gasteiger partial charge in [-0.05, 0) is 31.0 Å². The Kier molecular flexibility index (Phi) is 4.20. The Hall–Kier alpha value is -1.42. The summed E-state index contributed by atoms with van der Waals surface area (Å²) in [5, 5.41) is 0.603. The number of halogens is 2. The Labute approximate surface area is 117 Å². The molecule has 0 bridgehead atoms. The van der Waals surface area contributed by atoms with Crippen molar-refractivity contribution < 1.29 is 4.39 Å². The van der Waals surface area contributed by atoms with Crippen molar-refractivity contribution in [3.63, 3.8) is 0 Å². The molecule has 0 heterocycles. The van der Waals surface area contributed by atoms with Crippen LogP contribution in [0, 0.1) is 19.7 Å². The highest BCUT2D eigenvalue weighted by Gasteiger charge is 2.19. The molecule has 0 amide bonds. The van der Waals surface area contributed by atoms with Gasteiger partial charge in [-0.15, -0.1) is 0 Å². The summed E-state index contributed by atoms with van der Waals surface area (Å²) in [5.74, 6) is 5.30. The Balaban J connectivity index is 2.56. The van der Waals surface area contributed by atoms with E-state index in [4.69, 9.17) is 17.4 Å². The summed E-state index contributed by atoms with van der Waals surface area (Å²) in [7, 11) is 0. The van der Waals surface area contributed by atoms with Gasteiger partial charge in [-0.1, -0.05) is 47.5 Å². The number of rotatable bonds is 3. The van der Waals surface area contributed by atoms with E-state index < -0.39 is 6.04 Å². The maximum atomic E-state index is 14.0. The Morgan fingerprint density at radius 2 is 1.89 bits per heavy atom. The molecule has 0 aliphatic heterocycles. The van der Waals surface area contributed by atoms with Crippen molar-refractivity contribution in [2.24, 2.45) is 5.84 Å². The van der Waals surface area contributed by atoms with Gasteiger partial charge >= 0.3 is 0 Å². The summed E-state index contributed by atoms with van der Waals surface area (Å²) in [4.78, 5) is 0. The van der Waals surface area contributed by atoms with Gasteiger partial charge in [0.15, 0.2) is 0 Å². The quantitative estimate of drug-likeness (QED) is 0.664. The number of nitrogens with one attached hydrogen (secondary N) is 1. The number of hydrogen-bond acceptors (Lipinski definition) is 2. The molecule has 1 unspecified atom stereocenters. The lowest BCUT2D eigenvalue weighted by Gasteiger charge is -2.20. The van der Waals surface area contributed by atoms with Crippen molar-refractivity contribution in [1.82, 2.24) is 5.43 Å². The first-order chi connectivity index (χ1) is 9.04. The van der Waals surface area contributed by atoms with Crippen molar-refractivity contribution in [3.05, 3.63) is 69.5 Å². The van der Waals surface area contributed by atoms with Gasteiger partial charge in [0.05, 0.1) is 6.04 Å². The van der Waals surface area contributed by atoms with Crippen LogP contribution in [-0.2, 0) is 0 Å². The lowest BCUT2D eigenvalue weighted by atomic mass is 9.96.